The van der Waals surface area contributed by atoms with Crippen molar-refractivity contribution in [2.75, 3.05) is 28.4 Å². The lowest BCUT2D eigenvalue weighted by Gasteiger charge is -2.37. The van der Waals surface area contributed by atoms with Gasteiger partial charge >= 0.3 is 10.1 Å². The van der Waals surface area contributed by atoms with Crippen molar-refractivity contribution in [1.82, 2.24) is 0 Å². The highest BCUT2D eigenvalue weighted by molar-refractivity contribution is 7.87. The zero-order valence-electron chi connectivity index (χ0n) is 25.4. The van der Waals surface area contributed by atoms with Crippen molar-refractivity contribution in [1.29, 1.82) is 0 Å². The van der Waals surface area contributed by atoms with Crippen LogP contribution in [0.3, 0.4) is 0 Å². The van der Waals surface area contributed by atoms with Crippen LogP contribution in [0.15, 0.2) is 53.4 Å². The predicted molar refractivity (Wildman–Crippen MR) is 165 cm³/mol. The predicted octanol–water partition coefficient (Wildman–Crippen LogP) is 7.35. The number of benzene rings is 3. The minimum Gasteiger partial charge on any atom is -0.538 e. The van der Waals surface area contributed by atoms with Gasteiger partial charge in [-0.3, -0.25) is 0 Å². The number of hydrogen-bond acceptors (Lipinski definition) is 8. The fraction of sp³-hybridized carbons (Fsp3) is 0.355. The Labute approximate surface area is 245 Å². The van der Waals surface area contributed by atoms with E-state index in [1.807, 2.05) is 6.92 Å². The molecule has 10 heteroatoms. The molecule has 0 saturated heterocycles. The van der Waals surface area contributed by atoms with E-state index in [4.69, 9.17) is 27.6 Å². The van der Waals surface area contributed by atoms with E-state index in [9.17, 15) is 8.42 Å². The van der Waals surface area contributed by atoms with Crippen LogP contribution in [0.25, 0.3) is 12.2 Å². The molecule has 0 radical (unpaired) electrons. The third kappa shape index (κ3) is 7.18. The van der Waals surface area contributed by atoms with Crippen LogP contribution in [0, 0.1) is 6.92 Å². The molecule has 3 rings (SSSR count). The SMILES string of the molecule is COc1cc(/C=C/c2ccc(OC)c(O[Si](C)(C)C(C)(C)C)c2OS(=O)(=O)c2ccc(C)cc2)cc(OC)c1OC. The molecule has 0 aliphatic carbocycles. The Balaban J connectivity index is 2.23. The molecular formula is C31H40O8SSi. The quantitative estimate of drug-likeness (QED) is 0.128. The van der Waals surface area contributed by atoms with Crippen LogP contribution in [0.1, 0.15) is 37.5 Å². The second kappa shape index (κ2) is 12.5. The zero-order valence-corrected chi connectivity index (χ0v) is 27.3. The van der Waals surface area contributed by atoms with Crippen LogP contribution in [0.2, 0.25) is 18.1 Å². The van der Waals surface area contributed by atoms with Crippen LogP contribution in [0.4, 0.5) is 0 Å². The first-order valence-electron chi connectivity index (χ1n) is 13.1. The molecule has 41 heavy (non-hydrogen) atoms. The van der Waals surface area contributed by atoms with Gasteiger partial charge < -0.3 is 27.6 Å². The first-order chi connectivity index (χ1) is 19.2. The summed E-state index contributed by atoms with van der Waals surface area (Å²) in [4.78, 5) is 0.0313. The van der Waals surface area contributed by atoms with Crippen molar-refractivity contribution in [3.63, 3.8) is 0 Å². The highest BCUT2D eigenvalue weighted by atomic mass is 32.2. The highest BCUT2D eigenvalue weighted by Gasteiger charge is 2.41. The van der Waals surface area contributed by atoms with Crippen LogP contribution >= 0.6 is 0 Å². The molecule has 0 amide bonds. The van der Waals surface area contributed by atoms with Crippen LogP contribution in [-0.2, 0) is 10.1 Å². The lowest BCUT2D eigenvalue weighted by Crippen LogP contribution is -2.44. The van der Waals surface area contributed by atoms with Crippen molar-refractivity contribution in [3.05, 3.63) is 65.2 Å². The van der Waals surface area contributed by atoms with Gasteiger partial charge in [-0.05, 0) is 67.0 Å². The van der Waals surface area contributed by atoms with Gasteiger partial charge in [-0.1, -0.05) is 50.6 Å². The minimum absolute atomic E-state index is 0.0313. The summed E-state index contributed by atoms with van der Waals surface area (Å²) in [5.41, 5.74) is 2.14. The van der Waals surface area contributed by atoms with Crippen molar-refractivity contribution in [2.45, 2.75) is 50.7 Å². The molecular weight excluding hydrogens is 560 g/mol. The van der Waals surface area contributed by atoms with Crippen LogP contribution < -0.4 is 27.6 Å². The lowest BCUT2D eigenvalue weighted by atomic mass is 10.1. The molecule has 0 heterocycles. The summed E-state index contributed by atoms with van der Waals surface area (Å²) in [5.74, 6) is 2.09. The first kappa shape index (κ1) is 31.9. The standard InChI is InChI=1S/C31H40O8SSi/c1-21-11-16-24(17-12-21)40(32,33)38-28-23(14-13-22-19-26(35-6)29(37-8)27(20-22)36-7)15-18-25(34-5)30(28)39-41(9,10)31(2,3)4/h11-20H,1-10H3/b14-13+. The Morgan fingerprint density at radius 2 is 1.27 bits per heavy atom. The van der Waals surface area contributed by atoms with E-state index >= 15 is 0 Å². The van der Waals surface area contributed by atoms with Gasteiger partial charge in [0.1, 0.15) is 4.90 Å². The average molecular weight is 601 g/mol. The number of ether oxygens (including phenoxy) is 4. The Hall–Kier alpha value is -3.63. The number of methoxy groups -OCH3 is 4. The van der Waals surface area contributed by atoms with Crippen LogP contribution in [-0.4, -0.2) is 45.2 Å². The summed E-state index contributed by atoms with van der Waals surface area (Å²) in [6.07, 6.45) is 3.55. The molecule has 8 nitrogen and oxygen atoms in total. The Bertz CT molecular complexity index is 1480. The molecule has 0 bridgehead atoms. The Morgan fingerprint density at radius 1 is 0.707 bits per heavy atom. The van der Waals surface area contributed by atoms with Gasteiger partial charge in [0.2, 0.25) is 5.75 Å². The number of aryl methyl sites for hydroxylation is 1. The second-order valence-corrected chi connectivity index (χ2v) is 17.3. The fourth-order valence-corrected chi connectivity index (χ4v) is 5.66. The minimum atomic E-state index is -4.21. The van der Waals surface area contributed by atoms with E-state index in [1.165, 1.54) is 26.4 Å². The van der Waals surface area contributed by atoms with Crippen molar-refractivity contribution < 1.29 is 36.0 Å². The van der Waals surface area contributed by atoms with E-state index in [2.05, 4.69) is 33.9 Å². The summed E-state index contributed by atoms with van der Waals surface area (Å²) < 4.78 is 61.6. The molecule has 0 saturated carbocycles. The third-order valence-electron chi connectivity index (χ3n) is 7.13. The van der Waals surface area contributed by atoms with Gasteiger partial charge in [0, 0.05) is 5.56 Å². The molecule has 3 aromatic carbocycles. The largest absolute Gasteiger partial charge is 0.538 e. The Morgan fingerprint density at radius 3 is 1.76 bits per heavy atom. The molecule has 0 aliphatic rings. The maximum atomic E-state index is 13.5. The molecule has 0 aliphatic heterocycles. The highest BCUT2D eigenvalue weighted by Crippen LogP contribution is 2.47. The van der Waals surface area contributed by atoms with E-state index in [0.717, 1.165) is 11.1 Å². The summed E-state index contributed by atoms with van der Waals surface area (Å²) in [6, 6.07) is 13.5. The van der Waals surface area contributed by atoms with E-state index in [0.29, 0.717) is 28.6 Å². The first-order valence-corrected chi connectivity index (χ1v) is 17.4. The maximum Gasteiger partial charge on any atom is 0.339 e. The Kier molecular flexibility index (Phi) is 9.71. The molecule has 0 unspecified atom stereocenters. The van der Waals surface area contributed by atoms with Gasteiger partial charge in [-0.2, -0.15) is 8.42 Å². The second-order valence-electron chi connectivity index (χ2n) is 11.0. The third-order valence-corrected chi connectivity index (χ3v) is 12.7. The summed E-state index contributed by atoms with van der Waals surface area (Å²) in [5, 5.41) is -0.173. The molecule has 0 atom stereocenters. The van der Waals surface area contributed by atoms with E-state index in [1.54, 1.807) is 62.8 Å². The van der Waals surface area contributed by atoms with E-state index in [-0.39, 0.29) is 21.4 Å². The molecule has 0 aromatic heterocycles. The van der Waals surface area contributed by atoms with Crippen LogP contribution in [0.5, 0.6) is 34.5 Å². The topological polar surface area (TPSA) is 89.5 Å². The smallest absolute Gasteiger partial charge is 0.339 e. The molecule has 0 fully saturated rings. The monoisotopic (exact) mass is 600 g/mol. The van der Waals surface area contributed by atoms with Gasteiger partial charge in [0.25, 0.3) is 8.32 Å². The zero-order chi connectivity index (χ0) is 30.6. The lowest BCUT2D eigenvalue weighted by molar-refractivity contribution is 0.324. The normalized spacial score (nSPS) is 12.2. The van der Waals surface area contributed by atoms with Gasteiger partial charge in [0.15, 0.2) is 28.7 Å². The molecule has 3 aromatic rings. The summed E-state index contributed by atoms with van der Waals surface area (Å²) in [7, 11) is -0.540. The molecule has 222 valence electrons. The fourth-order valence-electron chi connectivity index (χ4n) is 3.69. The molecule has 0 spiro atoms. The average Bonchev–Trinajstić information content (AvgIpc) is 2.91. The maximum absolute atomic E-state index is 13.5. The molecule has 0 N–H and O–H groups in total. The van der Waals surface area contributed by atoms with Crippen molar-refractivity contribution >= 4 is 30.6 Å². The van der Waals surface area contributed by atoms with E-state index < -0.39 is 18.4 Å². The van der Waals surface area contributed by atoms with Crippen molar-refractivity contribution in [3.8, 4) is 34.5 Å². The summed E-state index contributed by atoms with van der Waals surface area (Å²) >= 11 is 0. The van der Waals surface area contributed by atoms with Gasteiger partial charge in [-0.15, -0.1) is 0 Å². The van der Waals surface area contributed by atoms with Gasteiger partial charge in [-0.25, -0.2) is 0 Å². The number of rotatable bonds is 11. The van der Waals surface area contributed by atoms with Crippen molar-refractivity contribution in [2.24, 2.45) is 0 Å². The van der Waals surface area contributed by atoms with Gasteiger partial charge in [0.05, 0.1) is 28.4 Å². The summed E-state index contributed by atoms with van der Waals surface area (Å²) in [6.45, 7) is 12.3. The number of hydrogen-bond donors (Lipinski definition) is 0.